The van der Waals surface area contributed by atoms with E-state index in [1.165, 1.54) is 6.20 Å². The van der Waals surface area contributed by atoms with Crippen molar-refractivity contribution in [1.29, 1.82) is 0 Å². The van der Waals surface area contributed by atoms with Gasteiger partial charge in [-0.05, 0) is 29.8 Å². The molecule has 0 radical (unpaired) electrons. The molecule has 1 heterocycles. The van der Waals surface area contributed by atoms with Crippen LogP contribution in [0.25, 0.3) is 0 Å². The van der Waals surface area contributed by atoms with Gasteiger partial charge in [-0.15, -0.1) is 6.42 Å². The van der Waals surface area contributed by atoms with Crippen LogP contribution in [0.1, 0.15) is 13.8 Å². The van der Waals surface area contributed by atoms with Crippen LogP contribution < -0.4 is 10.5 Å². The Kier molecular flexibility index (Phi) is 2.96. The van der Waals surface area contributed by atoms with Crippen molar-refractivity contribution < 1.29 is 4.74 Å². The molecule has 0 saturated carbocycles. The van der Waals surface area contributed by atoms with E-state index in [9.17, 15) is 0 Å². The quantitative estimate of drug-likeness (QED) is 0.816. The lowest BCUT2D eigenvalue weighted by Gasteiger charge is -2.19. The first kappa shape index (κ1) is 10.8. The van der Waals surface area contributed by atoms with Crippen molar-refractivity contribution in [2.75, 3.05) is 5.73 Å². The van der Waals surface area contributed by atoms with E-state index in [-0.39, 0.29) is 5.95 Å². The summed E-state index contributed by atoms with van der Waals surface area (Å²) < 4.78 is 6.07. The average molecular weight is 256 g/mol. The van der Waals surface area contributed by atoms with Gasteiger partial charge in [0.25, 0.3) is 0 Å². The summed E-state index contributed by atoms with van der Waals surface area (Å²) in [4.78, 5) is 7.69. The SMILES string of the molecule is C#CC(C)(C)Oc1nc(N)ncc1Br. The van der Waals surface area contributed by atoms with E-state index >= 15 is 0 Å². The summed E-state index contributed by atoms with van der Waals surface area (Å²) in [7, 11) is 0. The van der Waals surface area contributed by atoms with Gasteiger partial charge in [-0.25, -0.2) is 4.98 Å². The van der Waals surface area contributed by atoms with E-state index in [0.717, 1.165) is 0 Å². The Morgan fingerprint density at radius 2 is 2.29 bits per heavy atom. The summed E-state index contributed by atoms with van der Waals surface area (Å²) >= 11 is 3.24. The highest BCUT2D eigenvalue weighted by atomic mass is 79.9. The Balaban J connectivity index is 2.98. The molecular formula is C9H10BrN3O. The van der Waals surface area contributed by atoms with Crippen molar-refractivity contribution in [2.45, 2.75) is 19.4 Å². The van der Waals surface area contributed by atoms with Crippen molar-refractivity contribution >= 4 is 21.9 Å². The van der Waals surface area contributed by atoms with E-state index < -0.39 is 5.60 Å². The molecule has 0 aromatic carbocycles. The highest BCUT2D eigenvalue weighted by Gasteiger charge is 2.18. The van der Waals surface area contributed by atoms with E-state index in [1.54, 1.807) is 13.8 Å². The van der Waals surface area contributed by atoms with Gasteiger partial charge >= 0.3 is 0 Å². The first-order valence-electron chi connectivity index (χ1n) is 3.89. The number of terminal acetylenes is 1. The smallest absolute Gasteiger partial charge is 0.234 e. The molecule has 74 valence electrons. The van der Waals surface area contributed by atoms with Crippen LogP contribution in [-0.4, -0.2) is 15.6 Å². The molecule has 0 amide bonds. The van der Waals surface area contributed by atoms with Crippen molar-refractivity contribution in [2.24, 2.45) is 0 Å². The molecule has 0 atom stereocenters. The molecule has 0 unspecified atom stereocenters. The molecule has 1 aromatic heterocycles. The summed E-state index contributed by atoms with van der Waals surface area (Å²) in [5.41, 5.74) is 4.69. The second-order valence-corrected chi connectivity index (χ2v) is 3.99. The average Bonchev–Trinajstić information content (AvgIpc) is 2.11. The predicted molar refractivity (Wildman–Crippen MR) is 57.7 cm³/mol. The highest BCUT2D eigenvalue weighted by molar-refractivity contribution is 9.10. The minimum atomic E-state index is -0.719. The van der Waals surface area contributed by atoms with Crippen LogP contribution in [0.3, 0.4) is 0 Å². The minimum Gasteiger partial charge on any atom is -0.458 e. The summed E-state index contributed by atoms with van der Waals surface area (Å²) in [5.74, 6) is 2.99. The minimum absolute atomic E-state index is 0.149. The fraction of sp³-hybridized carbons (Fsp3) is 0.333. The van der Waals surface area contributed by atoms with Gasteiger partial charge in [-0.1, -0.05) is 5.92 Å². The molecule has 1 aromatic rings. The van der Waals surface area contributed by atoms with Crippen LogP contribution in [-0.2, 0) is 0 Å². The van der Waals surface area contributed by atoms with Crippen LogP contribution in [0.15, 0.2) is 10.7 Å². The van der Waals surface area contributed by atoms with Crippen LogP contribution in [0, 0.1) is 12.3 Å². The molecule has 0 aliphatic carbocycles. The van der Waals surface area contributed by atoms with Gasteiger partial charge in [0.2, 0.25) is 11.8 Å². The molecule has 0 saturated heterocycles. The zero-order chi connectivity index (χ0) is 10.8. The molecule has 0 aliphatic rings. The zero-order valence-corrected chi connectivity index (χ0v) is 9.50. The Morgan fingerprint density at radius 1 is 1.64 bits per heavy atom. The molecule has 0 bridgehead atoms. The lowest BCUT2D eigenvalue weighted by atomic mass is 10.1. The number of anilines is 1. The lowest BCUT2D eigenvalue weighted by Crippen LogP contribution is -2.26. The predicted octanol–water partition coefficient (Wildman–Crippen LogP) is 1.61. The third kappa shape index (κ3) is 2.60. The Bertz CT molecular complexity index is 384. The number of hydrogen-bond donors (Lipinski definition) is 1. The fourth-order valence-corrected chi connectivity index (χ4v) is 0.979. The highest BCUT2D eigenvalue weighted by Crippen LogP contribution is 2.25. The van der Waals surface area contributed by atoms with Gasteiger partial charge in [0, 0.05) is 0 Å². The molecule has 4 nitrogen and oxygen atoms in total. The standard InChI is InChI=1S/C9H10BrN3O/c1-4-9(2,3)14-7-6(10)5-12-8(11)13-7/h1,5H,2-3H3,(H2,11,12,13). The summed E-state index contributed by atoms with van der Waals surface area (Å²) in [5, 5.41) is 0. The molecular weight excluding hydrogens is 246 g/mol. The first-order chi connectivity index (χ1) is 6.44. The van der Waals surface area contributed by atoms with Crippen molar-refractivity contribution in [1.82, 2.24) is 9.97 Å². The van der Waals surface area contributed by atoms with Gasteiger partial charge in [-0.2, -0.15) is 4.98 Å². The summed E-state index contributed by atoms with van der Waals surface area (Å²) in [6.07, 6.45) is 6.80. The van der Waals surface area contributed by atoms with Gasteiger partial charge in [0.15, 0.2) is 5.60 Å². The van der Waals surface area contributed by atoms with E-state index in [4.69, 9.17) is 16.9 Å². The van der Waals surface area contributed by atoms with Crippen LogP contribution >= 0.6 is 15.9 Å². The maximum absolute atomic E-state index is 5.45. The molecule has 1 rings (SSSR count). The van der Waals surface area contributed by atoms with E-state index in [0.29, 0.717) is 10.4 Å². The first-order valence-corrected chi connectivity index (χ1v) is 4.69. The zero-order valence-electron chi connectivity index (χ0n) is 7.91. The van der Waals surface area contributed by atoms with Crippen molar-refractivity contribution in [3.63, 3.8) is 0 Å². The number of aromatic nitrogens is 2. The van der Waals surface area contributed by atoms with Gasteiger partial charge in [0.05, 0.1) is 10.7 Å². The molecule has 0 spiro atoms. The van der Waals surface area contributed by atoms with Crippen molar-refractivity contribution in [3.05, 3.63) is 10.7 Å². The summed E-state index contributed by atoms with van der Waals surface area (Å²) in [6, 6.07) is 0. The molecule has 0 fully saturated rings. The van der Waals surface area contributed by atoms with Gasteiger partial charge in [0.1, 0.15) is 0 Å². The van der Waals surface area contributed by atoms with Crippen LogP contribution in [0.5, 0.6) is 5.88 Å². The molecule has 2 N–H and O–H groups in total. The maximum Gasteiger partial charge on any atom is 0.234 e. The second kappa shape index (κ2) is 3.84. The third-order valence-corrected chi connectivity index (χ3v) is 1.97. The lowest BCUT2D eigenvalue weighted by molar-refractivity contribution is 0.163. The number of ether oxygens (including phenoxy) is 1. The Labute approximate surface area is 91.0 Å². The third-order valence-electron chi connectivity index (χ3n) is 1.43. The number of rotatable bonds is 2. The second-order valence-electron chi connectivity index (χ2n) is 3.14. The Morgan fingerprint density at radius 3 is 2.86 bits per heavy atom. The number of nitrogens with zero attached hydrogens (tertiary/aromatic N) is 2. The Hall–Kier alpha value is -1.28. The number of nitrogen functional groups attached to an aromatic ring is 1. The maximum atomic E-state index is 5.45. The van der Waals surface area contributed by atoms with E-state index in [2.05, 4.69) is 31.8 Å². The van der Waals surface area contributed by atoms with Crippen LogP contribution in [0.4, 0.5) is 5.95 Å². The molecule has 14 heavy (non-hydrogen) atoms. The number of hydrogen-bond acceptors (Lipinski definition) is 4. The largest absolute Gasteiger partial charge is 0.458 e. The topological polar surface area (TPSA) is 61.0 Å². The monoisotopic (exact) mass is 255 g/mol. The van der Waals surface area contributed by atoms with Crippen molar-refractivity contribution in [3.8, 4) is 18.2 Å². The van der Waals surface area contributed by atoms with Gasteiger partial charge in [-0.3, -0.25) is 0 Å². The number of nitrogens with two attached hydrogens (primary N) is 1. The fourth-order valence-electron chi connectivity index (χ4n) is 0.707. The van der Waals surface area contributed by atoms with Crippen LogP contribution in [0.2, 0.25) is 0 Å². The van der Waals surface area contributed by atoms with E-state index in [1.807, 2.05) is 0 Å². The number of halogens is 1. The summed E-state index contributed by atoms with van der Waals surface area (Å²) in [6.45, 7) is 3.52. The molecule has 5 heteroatoms. The van der Waals surface area contributed by atoms with Gasteiger partial charge < -0.3 is 10.5 Å². The molecule has 0 aliphatic heterocycles. The normalized spacial score (nSPS) is 10.7.